The molecule has 2 aromatic carbocycles. The monoisotopic (exact) mass is 576 g/mol. The number of aliphatic carboxylic acids is 1. The van der Waals surface area contributed by atoms with Crippen molar-refractivity contribution in [1.29, 1.82) is 0 Å². The summed E-state index contributed by atoms with van der Waals surface area (Å²) < 4.78 is 2.17. The Bertz CT molecular complexity index is 1700. The van der Waals surface area contributed by atoms with Crippen molar-refractivity contribution in [3.8, 4) is 11.4 Å². The number of hydrogen-bond acceptors (Lipinski definition) is 4. The van der Waals surface area contributed by atoms with Gasteiger partial charge in [-0.15, -0.1) is 0 Å². The second kappa shape index (κ2) is 11.9. The van der Waals surface area contributed by atoms with E-state index < -0.39 is 11.5 Å². The van der Waals surface area contributed by atoms with E-state index in [1.807, 2.05) is 43.6 Å². The lowest BCUT2D eigenvalue weighted by Crippen LogP contribution is -2.61. The molecule has 2 aliphatic carbocycles. The maximum absolute atomic E-state index is 13.6. The number of hydrogen-bond donors (Lipinski definition) is 3. The molecule has 0 bridgehead atoms. The van der Waals surface area contributed by atoms with E-state index in [1.165, 1.54) is 30.9 Å². The molecule has 2 aromatic heterocycles. The summed E-state index contributed by atoms with van der Waals surface area (Å²) in [5.74, 6) is -1.09. The molecule has 4 aromatic rings. The van der Waals surface area contributed by atoms with Crippen molar-refractivity contribution in [2.45, 2.75) is 62.8 Å². The van der Waals surface area contributed by atoms with Gasteiger partial charge in [-0.2, -0.15) is 0 Å². The standard InChI is InChI=1S/C35H36N4O4/c1-39-29-22-25(14-17-27(29)31(24-8-3-2-4-9-24)32(39)28-10-5-6-21-36-28)33(42)38-35(19-7-20-35)34(43)37-26-15-11-23(12-16-26)13-18-30(40)41/h5-6,10-18,21-22,24H,2-4,7-9,19-20H2,1H3,(H,37,43)(H,38,42)(H,40,41)/b18-13+. The fraction of sp³-hybridized carbons (Fsp3) is 0.314. The molecule has 3 N–H and O–H groups in total. The third kappa shape index (κ3) is 5.69. The second-order valence-corrected chi connectivity index (χ2v) is 11.7. The molecule has 6 rings (SSSR count). The molecule has 43 heavy (non-hydrogen) atoms. The van der Waals surface area contributed by atoms with Crippen molar-refractivity contribution in [2.75, 3.05) is 5.32 Å². The highest BCUT2D eigenvalue weighted by molar-refractivity contribution is 6.06. The predicted molar refractivity (Wildman–Crippen MR) is 168 cm³/mol. The van der Waals surface area contributed by atoms with E-state index in [2.05, 4.69) is 26.3 Å². The summed E-state index contributed by atoms with van der Waals surface area (Å²) in [5.41, 5.74) is 5.18. The SMILES string of the molecule is Cn1c(-c2ccccn2)c(C2CCCCC2)c2ccc(C(=O)NC3(C(=O)Nc4ccc(/C=C/C(=O)O)cc4)CCC3)cc21. The van der Waals surface area contributed by atoms with Gasteiger partial charge in [-0.3, -0.25) is 14.6 Å². The number of fused-ring (bicyclic) bond motifs is 1. The van der Waals surface area contributed by atoms with Crippen molar-refractivity contribution >= 4 is 40.4 Å². The quantitative estimate of drug-likeness (QED) is 0.203. The van der Waals surface area contributed by atoms with Gasteiger partial charge in [0.25, 0.3) is 5.91 Å². The van der Waals surface area contributed by atoms with Crippen LogP contribution in [0.4, 0.5) is 5.69 Å². The fourth-order valence-corrected chi connectivity index (χ4v) is 6.55. The van der Waals surface area contributed by atoms with Crippen LogP contribution in [0.15, 0.2) is 72.9 Å². The molecule has 0 aliphatic heterocycles. The average molecular weight is 577 g/mol. The highest BCUT2D eigenvalue weighted by atomic mass is 16.4. The molecule has 2 aliphatic rings. The molecule has 2 fully saturated rings. The number of amides is 2. The van der Waals surface area contributed by atoms with Gasteiger partial charge in [0.15, 0.2) is 0 Å². The highest BCUT2D eigenvalue weighted by Crippen LogP contribution is 2.43. The van der Waals surface area contributed by atoms with Crippen LogP contribution in [-0.2, 0) is 16.6 Å². The number of aromatic nitrogens is 2. The summed E-state index contributed by atoms with van der Waals surface area (Å²) in [6, 6.07) is 18.8. The van der Waals surface area contributed by atoms with Crippen molar-refractivity contribution in [1.82, 2.24) is 14.9 Å². The second-order valence-electron chi connectivity index (χ2n) is 11.7. The summed E-state index contributed by atoms with van der Waals surface area (Å²) in [6.07, 6.45) is 12.4. The normalized spacial score (nSPS) is 16.6. The Hall–Kier alpha value is -4.72. The topological polar surface area (TPSA) is 113 Å². The van der Waals surface area contributed by atoms with Crippen molar-refractivity contribution < 1.29 is 19.5 Å². The average Bonchev–Trinajstić information content (AvgIpc) is 3.30. The van der Waals surface area contributed by atoms with E-state index in [4.69, 9.17) is 5.11 Å². The van der Waals surface area contributed by atoms with Crippen molar-refractivity contribution in [2.24, 2.45) is 7.05 Å². The lowest BCUT2D eigenvalue weighted by Gasteiger charge is -2.40. The molecule has 0 saturated heterocycles. The number of rotatable bonds is 8. The first-order valence-corrected chi connectivity index (χ1v) is 15.0. The molecule has 2 heterocycles. The van der Waals surface area contributed by atoms with Gasteiger partial charge in [0, 0.05) is 41.5 Å². The van der Waals surface area contributed by atoms with Crippen LogP contribution in [0.2, 0.25) is 0 Å². The van der Waals surface area contributed by atoms with Gasteiger partial charge in [-0.1, -0.05) is 43.5 Å². The minimum Gasteiger partial charge on any atom is -0.478 e. The van der Waals surface area contributed by atoms with E-state index in [-0.39, 0.29) is 11.8 Å². The number of carbonyl (C=O) groups excluding carboxylic acids is 2. The van der Waals surface area contributed by atoms with Crippen LogP contribution < -0.4 is 10.6 Å². The molecule has 0 atom stereocenters. The van der Waals surface area contributed by atoms with E-state index in [0.29, 0.717) is 35.6 Å². The van der Waals surface area contributed by atoms with Crippen LogP contribution in [-0.4, -0.2) is 38.0 Å². The van der Waals surface area contributed by atoms with E-state index in [9.17, 15) is 14.4 Å². The van der Waals surface area contributed by atoms with E-state index >= 15 is 0 Å². The molecule has 0 spiro atoms. The molecule has 2 amide bonds. The maximum Gasteiger partial charge on any atom is 0.328 e. The van der Waals surface area contributed by atoms with Gasteiger partial charge >= 0.3 is 5.97 Å². The Morgan fingerprint density at radius 1 is 0.977 bits per heavy atom. The first kappa shape index (κ1) is 28.4. The number of carbonyl (C=O) groups is 3. The summed E-state index contributed by atoms with van der Waals surface area (Å²) in [5, 5.41) is 16.0. The number of aryl methyl sites for hydroxylation is 1. The van der Waals surface area contributed by atoms with Crippen LogP contribution in [0.25, 0.3) is 28.4 Å². The number of carboxylic acids is 1. The van der Waals surface area contributed by atoms with E-state index in [1.54, 1.807) is 24.3 Å². The van der Waals surface area contributed by atoms with Crippen molar-refractivity contribution in [3.05, 3.63) is 89.6 Å². The zero-order valence-corrected chi connectivity index (χ0v) is 24.3. The van der Waals surface area contributed by atoms with Crippen LogP contribution in [0, 0.1) is 0 Å². The lowest BCUT2D eigenvalue weighted by atomic mass is 9.75. The number of carboxylic acid groups (broad SMARTS) is 1. The zero-order chi connectivity index (χ0) is 30.0. The summed E-state index contributed by atoms with van der Waals surface area (Å²) >= 11 is 0. The molecular formula is C35H36N4O4. The van der Waals surface area contributed by atoms with Gasteiger partial charge in [0.1, 0.15) is 5.54 Å². The lowest BCUT2D eigenvalue weighted by molar-refractivity contribution is -0.131. The largest absolute Gasteiger partial charge is 0.478 e. The first-order chi connectivity index (χ1) is 20.8. The minimum absolute atomic E-state index is 0.252. The van der Waals surface area contributed by atoms with Crippen LogP contribution in [0.3, 0.4) is 0 Å². The number of pyridine rings is 1. The number of nitrogens with zero attached hydrogens (tertiary/aromatic N) is 2. The van der Waals surface area contributed by atoms with Crippen LogP contribution in [0.1, 0.15) is 78.8 Å². The third-order valence-electron chi connectivity index (χ3n) is 9.00. The fourth-order valence-electron chi connectivity index (χ4n) is 6.55. The Morgan fingerprint density at radius 3 is 2.40 bits per heavy atom. The first-order valence-electron chi connectivity index (χ1n) is 15.0. The summed E-state index contributed by atoms with van der Waals surface area (Å²) in [4.78, 5) is 42.5. The molecule has 8 nitrogen and oxygen atoms in total. The third-order valence-corrected chi connectivity index (χ3v) is 9.00. The highest BCUT2D eigenvalue weighted by Gasteiger charge is 2.45. The Labute approximate surface area is 250 Å². The number of nitrogens with one attached hydrogen (secondary N) is 2. The summed E-state index contributed by atoms with van der Waals surface area (Å²) in [7, 11) is 2.05. The number of benzene rings is 2. The van der Waals surface area contributed by atoms with Gasteiger partial charge in [-0.05, 0) is 91.6 Å². The smallest absolute Gasteiger partial charge is 0.328 e. The molecule has 0 radical (unpaired) electrons. The summed E-state index contributed by atoms with van der Waals surface area (Å²) in [6.45, 7) is 0. The Balaban J connectivity index is 1.25. The number of anilines is 1. The van der Waals surface area contributed by atoms with Crippen LogP contribution >= 0.6 is 0 Å². The molecule has 8 heteroatoms. The Morgan fingerprint density at radius 2 is 1.74 bits per heavy atom. The zero-order valence-electron chi connectivity index (χ0n) is 24.3. The molecule has 0 unspecified atom stereocenters. The predicted octanol–water partition coefficient (Wildman–Crippen LogP) is 6.68. The molecular weight excluding hydrogens is 540 g/mol. The minimum atomic E-state index is -1.02. The van der Waals surface area contributed by atoms with E-state index in [0.717, 1.165) is 47.6 Å². The maximum atomic E-state index is 13.6. The van der Waals surface area contributed by atoms with Gasteiger partial charge < -0.3 is 20.3 Å². The van der Waals surface area contributed by atoms with Crippen LogP contribution in [0.5, 0.6) is 0 Å². The van der Waals surface area contributed by atoms with Crippen molar-refractivity contribution in [3.63, 3.8) is 0 Å². The molecule has 220 valence electrons. The van der Waals surface area contributed by atoms with Gasteiger partial charge in [0.2, 0.25) is 5.91 Å². The van der Waals surface area contributed by atoms with Gasteiger partial charge in [0.05, 0.1) is 11.4 Å². The Kier molecular flexibility index (Phi) is 7.84. The van der Waals surface area contributed by atoms with Gasteiger partial charge in [-0.25, -0.2) is 4.79 Å². The molecule has 2 saturated carbocycles.